The van der Waals surface area contributed by atoms with Crippen LogP contribution in [0, 0.1) is 0 Å². The zero-order chi connectivity index (χ0) is 10.2. The summed E-state index contributed by atoms with van der Waals surface area (Å²) in [5, 5.41) is 0. The van der Waals surface area contributed by atoms with Gasteiger partial charge in [-0.05, 0) is 6.42 Å². The predicted molar refractivity (Wildman–Crippen MR) is 61.0 cm³/mol. The maximum atomic E-state index is 11.4. The summed E-state index contributed by atoms with van der Waals surface area (Å²) in [6, 6.07) is 0. The number of ether oxygens (including phenoxy) is 1. The standard InChI is InChI=1S/C11H22O2S/c1-2-3-4-5-6-7-8-14(12)10-11-9-13-11/h11H,2-10H2,1H3. The predicted octanol–water partition coefficient (Wildman–Crippen LogP) is 2.49. The maximum Gasteiger partial charge on any atom is 0.0924 e. The van der Waals surface area contributed by atoms with Crippen LogP contribution in [0.5, 0.6) is 0 Å². The summed E-state index contributed by atoms with van der Waals surface area (Å²) in [4.78, 5) is 0. The second-order valence-electron chi connectivity index (χ2n) is 4.03. The zero-order valence-corrected chi connectivity index (χ0v) is 9.98. The van der Waals surface area contributed by atoms with Crippen LogP contribution in [-0.4, -0.2) is 28.4 Å². The van der Waals surface area contributed by atoms with E-state index in [1.54, 1.807) is 0 Å². The lowest BCUT2D eigenvalue weighted by Crippen LogP contribution is -2.07. The Balaban J connectivity index is 1.80. The number of unbranched alkanes of at least 4 members (excludes halogenated alkanes) is 5. The van der Waals surface area contributed by atoms with Gasteiger partial charge in [-0.15, -0.1) is 0 Å². The summed E-state index contributed by atoms with van der Waals surface area (Å²) >= 11 is 0. The molecule has 1 saturated heterocycles. The average molecular weight is 218 g/mol. The summed E-state index contributed by atoms with van der Waals surface area (Å²) in [5.41, 5.74) is 0. The Morgan fingerprint density at radius 3 is 2.50 bits per heavy atom. The second kappa shape index (κ2) is 7.41. The summed E-state index contributed by atoms with van der Waals surface area (Å²) in [6.07, 6.45) is 8.00. The molecule has 14 heavy (non-hydrogen) atoms. The van der Waals surface area contributed by atoms with Crippen molar-refractivity contribution in [1.29, 1.82) is 0 Å². The molecule has 0 aromatic carbocycles. The molecule has 1 aliphatic rings. The minimum atomic E-state index is -0.620. The molecule has 1 fully saturated rings. The van der Waals surface area contributed by atoms with Crippen molar-refractivity contribution in [2.24, 2.45) is 0 Å². The fourth-order valence-electron chi connectivity index (χ4n) is 1.50. The zero-order valence-electron chi connectivity index (χ0n) is 9.17. The highest BCUT2D eigenvalue weighted by Gasteiger charge is 2.24. The smallest absolute Gasteiger partial charge is 0.0924 e. The molecule has 2 atom stereocenters. The van der Waals surface area contributed by atoms with Crippen molar-refractivity contribution in [3.8, 4) is 0 Å². The lowest BCUT2D eigenvalue weighted by molar-refractivity contribution is 0.424. The molecule has 0 aliphatic carbocycles. The van der Waals surface area contributed by atoms with Gasteiger partial charge in [-0.3, -0.25) is 4.21 Å². The summed E-state index contributed by atoms with van der Waals surface area (Å²) < 4.78 is 16.5. The quantitative estimate of drug-likeness (QED) is 0.439. The Bertz CT molecular complexity index is 167. The minimum Gasteiger partial charge on any atom is -0.372 e. The Labute approximate surface area is 89.9 Å². The van der Waals surface area contributed by atoms with Crippen LogP contribution in [-0.2, 0) is 15.5 Å². The van der Waals surface area contributed by atoms with Crippen molar-refractivity contribution >= 4 is 10.8 Å². The van der Waals surface area contributed by atoms with Gasteiger partial charge < -0.3 is 4.74 Å². The maximum absolute atomic E-state index is 11.4. The van der Waals surface area contributed by atoms with E-state index < -0.39 is 10.8 Å². The van der Waals surface area contributed by atoms with Crippen LogP contribution in [0.4, 0.5) is 0 Å². The Hall–Kier alpha value is 0.110. The van der Waals surface area contributed by atoms with Gasteiger partial charge in [-0.25, -0.2) is 0 Å². The number of rotatable bonds is 9. The molecule has 0 aromatic heterocycles. The van der Waals surface area contributed by atoms with E-state index in [1.807, 2.05) is 0 Å². The van der Waals surface area contributed by atoms with Crippen LogP contribution in [0.2, 0.25) is 0 Å². The van der Waals surface area contributed by atoms with Crippen molar-refractivity contribution in [3.05, 3.63) is 0 Å². The number of hydrogen-bond donors (Lipinski definition) is 0. The van der Waals surface area contributed by atoms with Crippen molar-refractivity contribution in [3.63, 3.8) is 0 Å². The third-order valence-corrected chi connectivity index (χ3v) is 3.99. The van der Waals surface area contributed by atoms with Crippen molar-refractivity contribution < 1.29 is 8.95 Å². The number of hydrogen-bond acceptors (Lipinski definition) is 2. The third kappa shape index (κ3) is 6.55. The highest BCUT2D eigenvalue weighted by Crippen LogP contribution is 2.11. The van der Waals surface area contributed by atoms with Crippen molar-refractivity contribution in [2.45, 2.75) is 51.6 Å². The van der Waals surface area contributed by atoms with E-state index in [-0.39, 0.29) is 0 Å². The first kappa shape index (κ1) is 12.2. The summed E-state index contributed by atoms with van der Waals surface area (Å²) in [5.74, 6) is 1.65. The summed E-state index contributed by atoms with van der Waals surface area (Å²) in [7, 11) is -0.620. The van der Waals surface area contributed by atoms with Gasteiger partial charge in [0.15, 0.2) is 0 Å². The third-order valence-electron chi connectivity index (χ3n) is 2.50. The molecule has 0 amide bonds. The van der Waals surface area contributed by atoms with Gasteiger partial charge in [0.25, 0.3) is 0 Å². The summed E-state index contributed by atoms with van der Waals surface area (Å²) in [6.45, 7) is 3.06. The molecule has 2 nitrogen and oxygen atoms in total. The molecule has 0 radical (unpaired) electrons. The SMILES string of the molecule is CCCCCCCCS(=O)CC1CO1. The Morgan fingerprint density at radius 1 is 1.21 bits per heavy atom. The van der Waals surface area contributed by atoms with Gasteiger partial charge >= 0.3 is 0 Å². The molecule has 1 heterocycles. The molecular formula is C11H22O2S. The Kier molecular flexibility index (Phi) is 6.45. The van der Waals surface area contributed by atoms with E-state index in [1.165, 1.54) is 32.1 Å². The number of epoxide rings is 1. The van der Waals surface area contributed by atoms with Crippen molar-refractivity contribution in [1.82, 2.24) is 0 Å². The van der Waals surface area contributed by atoms with Crippen LogP contribution in [0.15, 0.2) is 0 Å². The lowest BCUT2D eigenvalue weighted by atomic mass is 10.1. The molecule has 1 aliphatic heterocycles. The van der Waals surface area contributed by atoms with E-state index >= 15 is 0 Å². The second-order valence-corrected chi connectivity index (χ2v) is 5.65. The highest BCUT2D eigenvalue weighted by atomic mass is 32.2. The monoisotopic (exact) mass is 218 g/mol. The van der Waals surface area contributed by atoms with Crippen LogP contribution in [0.3, 0.4) is 0 Å². The molecule has 0 aromatic rings. The van der Waals surface area contributed by atoms with Gasteiger partial charge in [0.05, 0.1) is 18.5 Å². The van der Waals surface area contributed by atoms with Crippen LogP contribution in [0.25, 0.3) is 0 Å². The molecule has 1 rings (SSSR count). The fraction of sp³-hybridized carbons (Fsp3) is 1.00. The normalized spacial score (nSPS) is 22.2. The van der Waals surface area contributed by atoms with Crippen LogP contribution < -0.4 is 0 Å². The van der Waals surface area contributed by atoms with E-state index in [0.717, 1.165) is 24.5 Å². The average Bonchev–Trinajstić information content (AvgIpc) is 2.95. The Morgan fingerprint density at radius 2 is 1.86 bits per heavy atom. The first-order valence-corrected chi connectivity index (χ1v) is 7.28. The highest BCUT2D eigenvalue weighted by molar-refractivity contribution is 7.85. The van der Waals surface area contributed by atoms with E-state index in [9.17, 15) is 4.21 Å². The van der Waals surface area contributed by atoms with Crippen molar-refractivity contribution in [2.75, 3.05) is 18.1 Å². The fourth-order valence-corrected chi connectivity index (χ4v) is 2.80. The molecule has 0 spiro atoms. The molecule has 3 heteroatoms. The largest absolute Gasteiger partial charge is 0.372 e. The molecular weight excluding hydrogens is 196 g/mol. The minimum absolute atomic E-state index is 0.330. The van der Waals surface area contributed by atoms with Gasteiger partial charge in [0, 0.05) is 16.6 Å². The van der Waals surface area contributed by atoms with Crippen LogP contribution >= 0.6 is 0 Å². The van der Waals surface area contributed by atoms with Gasteiger partial charge in [0.2, 0.25) is 0 Å². The first-order valence-electron chi connectivity index (χ1n) is 5.79. The molecule has 0 bridgehead atoms. The molecule has 84 valence electrons. The molecule has 0 saturated carbocycles. The van der Waals surface area contributed by atoms with Gasteiger partial charge in [-0.1, -0.05) is 39.0 Å². The van der Waals surface area contributed by atoms with Gasteiger partial charge in [-0.2, -0.15) is 0 Å². The first-order chi connectivity index (χ1) is 6.83. The van der Waals surface area contributed by atoms with Crippen LogP contribution in [0.1, 0.15) is 45.4 Å². The van der Waals surface area contributed by atoms with E-state index in [0.29, 0.717) is 6.10 Å². The van der Waals surface area contributed by atoms with E-state index in [2.05, 4.69) is 6.92 Å². The lowest BCUT2D eigenvalue weighted by Gasteiger charge is -2.00. The molecule has 2 unspecified atom stereocenters. The van der Waals surface area contributed by atoms with E-state index in [4.69, 9.17) is 4.74 Å². The molecule has 0 N–H and O–H groups in total. The van der Waals surface area contributed by atoms with Gasteiger partial charge in [0.1, 0.15) is 0 Å². The topological polar surface area (TPSA) is 29.6 Å².